The van der Waals surface area contributed by atoms with Crippen molar-refractivity contribution in [3.05, 3.63) is 99.1 Å². The Kier molecular flexibility index (Phi) is 5.30. The van der Waals surface area contributed by atoms with Crippen LogP contribution >= 0.6 is 0 Å². The molecule has 1 aromatic heterocycles. The molecular formula is C29H20O8. The fourth-order valence-corrected chi connectivity index (χ4v) is 4.80. The van der Waals surface area contributed by atoms with Gasteiger partial charge in [0.2, 0.25) is 5.78 Å². The highest BCUT2D eigenvalue weighted by atomic mass is 16.5. The quantitative estimate of drug-likeness (QED) is 0.224. The van der Waals surface area contributed by atoms with E-state index in [1.54, 1.807) is 67.8 Å². The third kappa shape index (κ3) is 3.65. The number of carbonyl (C=O) groups excluding carboxylic acids is 2. The lowest BCUT2D eigenvalue weighted by Crippen LogP contribution is -2.25. The number of benzene rings is 3. The predicted molar refractivity (Wildman–Crippen MR) is 134 cm³/mol. The zero-order chi connectivity index (χ0) is 25.7. The smallest absolute Gasteiger partial charge is 0.312 e. The Morgan fingerprint density at radius 1 is 0.919 bits per heavy atom. The van der Waals surface area contributed by atoms with Gasteiger partial charge in [-0.1, -0.05) is 18.2 Å². The zero-order valence-electron chi connectivity index (χ0n) is 19.9. The van der Waals surface area contributed by atoms with Crippen molar-refractivity contribution in [3.8, 4) is 23.0 Å². The summed E-state index contributed by atoms with van der Waals surface area (Å²) in [6.07, 6.45) is 2.87. The van der Waals surface area contributed by atoms with Crippen LogP contribution in [0.25, 0.3) is 17.0 Å². The van der Waals surface area contributed by atoms with E-state index >= 15 is 0 Å². The van der Waals surface area contributed by atoms with E-state index in [1.807, 2.05) is 0 Å². The van der Waals surface area contributed by atoms with Gasteiger partial charge in [0.05, 0.1) is 37.9 Å². The molecule has 0 spiro atoms. The number of carbonyl (C=O) groups is 2. The van der Waals surface area contributed by atoms with E-state index < -0.39 is 11.9 Å². The first-order chi connectivity index (χ1) is 18.0. The molecule has 0 bridgehead atoms. The van der Waals surface area contributed by atoms with Crippen LogP contribution in [0.4, 0.5) is 0 Å². The summed E-state index contributed by atoms with van der Waals surface area (Å²) >= 11 is 0. The molecular weight excluding hydrogens is 476 g/mol. The van der Waals surface area contributed by atoms with E-state index in [1.165, 1.54) is 13.4 Å². The van der Waals surface area contributed by atoms with Crippen LogP contribution in [0.5, 0.6) is 23.0 Å². The van der Waals surface area contributed by atoms with Crippen molar-refractivity contribution in [1.29, 1.82) is 0 Å². The second-order valence-electron chi connectivity index (χ2n) is 8.66. The highest BCUT2D eigenvalue weighted by Gasteiger charge is 2.39. The van der Waals surface area contributed by atoms with Crippen molar-refractivity contribution in [3.63, 3.8) is 0 Å². The molecule has 0 aliphatic carbocycles. The normalized spacial score (nSPS) is 17.2. The van der Waals surface area contributed by atoms with Crippen molar-refractivity contribution in [2.75, 3.05) is 14.2 Å². The molecule has 6 rings (SSSR count). The van der Waals surface area contributed by atoms with Crippen LogP contribution in [-0.4, -0.2) is 26.0 Å². The SMILES string of the molecule is COc1ccc(/C=C2\Oc3c(ccc4c3C(c3coc5ccccc5c3=O)CC(=O)O4)C2=O)cc1OC. The maximum atomic E-state index is 13.4. The topological polar surface area (TPSA) is 101 Å². The van der Waals surface area contributed by atoms with Crippen LogP contribution in [0.2, 0.25) is 0 Å². The number of hydrogen-bond donors (Lipinski definition) is 0. The molecule has 0 radical (unpaired) electrons. The fraction of sp³-hybridized carbons (Fsp3) is 0.138. The van der Waals surface area contributed by atoms with Gasteiger partial charge in [0, 0.05) is 17.0 Å². The Morgan fingerprint density at radius 3 is 2.54 bits per heavy atom. The van der Waals surface area contributed by atoms with Gasteiger partial charge < -0.3 is 23.4 Å². The van der Waals surface area contributed by atoms with Crippen molar-refractivity contribution in [2.45, 2.75) is 12.3 Å². The van der Waals surface area contributed by atoms with E-state index in [0.717, 1.165) is 0 Å². The van der Waals surface area contributed by atoms with Crippen molar-refractivity contribution in [1.82, 2.24) is 0 Å². The largest absolute Gasteiger partial charge is 0.493 e. The number of methoxy groups -OCH3 is 2. The first kappa shape index (κ1) is 22.6. The first-order valence-corrected chi connectivity index (χ1v) is 11.5. The Bertz CT molecular complexity index is 1690. The molecule has 184 valence electrons. The Labute approximate surface area is 210 Å². The molecule has 3 aromatic carbocycles. The number of fused-ring (bicyclic) bond motifs is 4. The molecule has 1 atom stereocenters. The molecule has 0 fully saturated rings. The van der Waals surface area contributed by atoms with Crippen LogP contribution in [-0.2, 0) is 4.79 Å². The van der Waals surface area contributed by atoms with Crippen molar-refractivity contribution < 1.29 is 33.0 Å². The maximum Gasteiger partial charge on any atom is 0.312 e. The molecule has 8 nitrogen and oxygen atoms in total. The molecule has 2 aliphatic heterocycles. The molecule has 8 heteroatoms. The van der Waals surface area contributed by atoms with Gasteiger partial charge in [-0.2, -0.15) is 0 Å². The van der Waals surface area contributed by atoms with Gasteiger partial charge in [-0.25, -0.2) is 0 Å². The first-order valence-electron chi connectivity index (χ1n) is 11.5. The lowest BCUT2D eigenvalue weighted by Gasteiger charge is -2.25. The molecule has 0 saturated carbocycles. The van der Waals surface area contributed by atoms with E-state index in [-0.39, 0.29) is 34.9 Å². The van der Waals surface area contributed by atoms with Gasteiger partial charge in [0.1, 0.15) is 17.1 Å². The van der Waals surface area contributed by atoms with Crippen LogP contribution in [0.15, 0.2) is 75.8 Å². The van der Waals surface area contributed by atoms with Gasteiger partial charge >= 0.3 is 5.97 Å². The molecule has 0 amide bonds. The zero-order valence-corrected chi connectivity index (χ0v) is 19.9. The summed E-state index contributed by atoms with van der Waals surface area (Å²) < 4.78 is 27.9. The summed E-state index contributed by atoms with van der Waals surface area (Å²) in [4.78, 5) is 39.1. The summed E-state index contributed by atoms with van der Waals surface area (Å²) in [6, 6.07) is 15.2. The minimum atomic E-state index is -0.708. The Hall–Kier alpha value is -4.85. The third-order valence-corrected chi connectivity index (χ3v) is 6.57. The van der Waals surface area contributed by atoms with Gasteiger partial charge in [-0.05, 0) is 48.0 Å². The molecule has 0 saturated heterocycles. The van der Waals surface area contributed by atoms with Crippen molar-refractivity contribution >= 4 is 28.8 Å². The molecule has 1 unspecified atom stereocenters. The number of ether oxygens (including phenoxy) is 4. The average Bonchev–Trinajstić information content (AvgIpc) is 3.23. The van der Waals surface area contributed by atoms with Gasteiger partial charge in [-0.3, -0.25) is 14.4 Å². The molecule has 37 heavy (non-hydrogen) atoms. The Balaban J connectivity index is 1.46. The van der Waals surface area contributed by atoms with E-state index in [2.05, 4.69) is 0 Å². The molecule has 3 heterocycles. The average molecular weight is 496 g/mol. The second-order valence-corrected chi connectivity index (χ2v) is 8.66. The molecule has 4 aromatic rings. The summed E-state index contributed by atoms with van der Waals surface area (Å²) in [7, 11) is 3.07. The van der Waals surface area contributed by atoms with Crippen molar-refractivity contribution in [2.24, 2.45) is 0 Å². The van der Waals surface area contributed by atoms with Crippen LogP contribution in [0.1, 0.15) is 39.4 Å². The monoisotopic (exact) mass is 496 g/mol. The minimum absolute atomic E-state index is 0.0943. The summed E-state index contributed by atoms with van der Waals surface area (Å²) in [5.41, 5.74) is 1.93. The summed E-state index contributed by atoms with van der Waals surface area (Å²) in [5.74, 6) is 0.139. The maximum absolute atomic E-state index is 13.4. The number of rotatable bonds is 4. The van der Waals surface area contributed by atoms with E-state index in [4.69, 9.17) is 23.4 Å². The van der Waals surface area contributed by atoms with Gasteiger partial charge in [-0.15, -0.1) is 0 Å². The lowest BCUT2D eigenvalue weighted by atomic mass is 9.85. The number of ketones is 1. The molecule has 0 N–H and O–H groups in total. The van der Waals surface area contributed by atoms with Gasteiger partial charge in [0.15, 0.2) is 22.7 Å². The second kappa shape index (κ2) is 8.67. The van der Waals surface area contributed by atoms with E-state index in [9.17, 15) is 14.4 Å². The number of Topliss-reactive ketones (excluding diaryl/α,β-unsaturated/α-hetero) is 1. The summed E-state index contributed by atoms with van der Waals surface area (Å²) in [6.45, 7) is 0. The standard InChI is InChI=1S/C29H20O8/c1-33-21-9-7-15(11-23(21)34-2)12-24-28(32)17-8-10-22-26(29(17)37-24)18(13-25(30)36-22)19-14-35-20-6-4-3-5-16(20)27(19)31/h3-12,14,18H,13H2,1-2H3/b24-12-. The number of hydrogen-bond acceptors (Lipinski definition) is 8. The number of para-hydroxylation sites is 1. The molecule has 2 aliphatic rings. The van der Waals surface area contributed by atoms with Crippen LogP contribution < -0.4 is 24.4 Å². The fourth-order valence-electron chi connectivity index (χ4n) is 4.80. The lowest BCUT2D eigenvalue weighted by molar-refractivity contribution is -0.135. The van der Waals surface area contributed by atoms with Gasteiger partial charge in [0.25, 0.3) is 0 Å². The summed E-state index contributed by atoms with van der Waals surface area (Å²) in [5, 5.41) is 0.402. The highest BCUT2D eigenvalue weighted by molar-refractivity contribution is 6.15. The predicted octanol–water partition coefficient (Wildman–Crippen LogP) is 4.87. The van der Waals surface area contributed by atoms with E-state index in [0.29, 0.717) is 44.7 Å². The Morgan fingerprint density at radius 2 is 1.73 bits per heavy atom. The number of esters is 1. The number of allylic oxidation sites excluding steroid dienone is 1. The minimum Gasteiger partial charge on any atom is -0.493 e. The highest BCUT2D eigenvalue weighted by Crippen LogP contribution is 2.48. The van der Waals surface area contributed by atoms with Crippen LogP contribution in [0, 0.1) is 0 Å². The third-order valence-electron chi connectivity index (χ3n) is 6.57. The van der Waals surface area contributed by atoms with Crippen LogP contribution in [0.3, 0.4) is 0 Å².